The number of aromatic amines is 1. The SMILES string of the molecule is C=Cc1cc2cn[nH]c2cn1. The van der Waals surface area contributed by atoms with Gasteiger partial charge in [-0.1, -0.05) is 6.58 Å². The van der Waals surface area contributed by atoms with Gasteiger partial charge in [0, 0.05) is 5.39 Å². The van der Waals surface area contributed by atoms with Crippen LogP contribution in [0.5, 0.6) is 0 Å². The second-order valence-corrected chi connectivity index (χ2v) is 2.27. The predicted octanol–water partition coefficient (Wildman–Crippen LogP) is 1.60. The molecule has 0 aliphatic rings. The number of hydrogen-bond donors (Lipinski definition) is 1. The Balaban J connectivity index is 2.76. The molecule has 3 heteroatoms. The molecule has 3 nitrogen and oxygen atoms in total. The van der Waals surface area contributed by atoms with E-state index in [1.54, 1.807) is 18.5 Å². The first-order valence-corrected chi connectivity index (χ1v) is 3.32. The van der Waals surface area contributed by atoms with Crippen LogP contribution >= 0.6 is 0 Å². The van der Waals surface area contributed by atoms with E-state index >= 15 is 0 Å². The van der Waals surface area contributed by atoms with Gasteiger partial charge in [-0.3, -0.25) is 10.1 Å². The van der Waals surface area contributed by atoms with Gasteiger partial charge in [0.2, 0.25) is 0 Å². The van der Waals surface area contributed by atoms with E-state index < -0.39 is 0 Å². The molecule has 2 heterocycles. The van der Waals surface area contributed by atoms with Crippen LogP contribution in [-0.4, -0.2) is 15.2 Å². The Morgan fingerprint density at radius 1 is 1.45 bits per heavy atom. The van der Waals surface area contributed by atoms with Gasteiger partial charge in [-0.05, 0) is 12.1 Å². The van der Waals surface area contributed by atoms with E-state index in [0.29, 0.717) is 0 Å². The Morgan fingerprint density at radius 2 is 2.36 bits per heavy atom. The molecule has 0 aromatic carbocycles. The minimum atomic E-state index is 0.874. The lowest BCUT2D eigenvalue weighted by Gasteiger charge is -1.89. The average molecular weight is 145 g/mol. The molecule has 0 amide bonds. The Hall–Kier alpha value is -1.64. The molecule has 0 radical (unpaired) electrons. The summed E-state index contributed by atoms with van der Waals surface area (Å²) in [4.78, 5) is 4.11. The van der Waals surface area contributed by atoms with Crippen molar-refractivity contribution >= 4 is 17.0 Å². The maximum absolute atomic E-state index is 4.11. The number of pyridine rings is 1. The highest BCUT2D eigenvalue weighted by atomic mass is 15.1. The van der Waals surface area contributed by atoms with Gasteiger partial charge in [-0.2, -0.15) is 5.10 Å². The molecule has 0 atom stereocenters. The molecule has 0 bridgehead atoms. The van der Waals surface area contributed by atoms with Crippen LogP contribution in [0.1, 0.15) is 5.69 Å². The normalized spacial score (nSPS) is 10.2. The topological polar surface area (TPSA) is 41.6 Å². The van der Waals surface area contributed by atoms with Gasteiger partial charge in [0.25, 0.3) is 0 Å². The van der Waals surface area contributed by atoms with Crippen molar-refractivity contribution in [2.24, 2.45) is 0 Å². The first kappa shape index (κ1) is 6.09. The number of nitrogens with one attached hydrogen (secondary N) is 1. The van der Waals surface area contributed by atoms with Crippen LogP contribution in [0.3, 0.4) is 0 Å². The molecule has 54 valence electrons. The van der Waals surface area contributed by atoms with Crippen molar-refractivity contribution in [1.82, 2.24) is 15.2 Å². The predicted molar refractivity (Wildman–Crippen MR) is 44.0 cm³/mol. The lowest BCUT2D eigenvalue weighted by atomic mass is 10.3. The zero-order chi connectivity index (χ0) is 7.68. The number of hydrogen-bond acceptors (Lipinski definition) is 2. The number of rotatable bonds is 1. The molecular formula is C8H7N3. The highest BCUT2D eigenvalue weighted by Crippen LogP contribution is 2.09. The molecule has 1 N–H and O–H groups in total. The largest absolute Gasteiger partial charge is 0.276 e. The zero-order valence-electron chi connectivity index (χ0n) is 5.91. The summed E-state index contributed by atoms with van der Waals surface area (Å²) in [5.74, 6) is 0. The van der Waals surface area contributed by atoms with Gasteiger partial charge in [0.15, 0.2) is 0 Å². The third kappa shape index (κ3) is 0.902. The molecule has 0 unspecified atom stereocenters. The van der Waals surface area contributed by atoms with E-state index in [-0.39, 0.29) is 0 Å². The molecule has 0 fully saturated rings. The summed E-state index contributed by atoms with van der Waals surface area (Å²) in [6, 6.07) is 1.94. The first-order chi connectivity index (χ1) is 5.40. The van der Waals surface area contributed by atoms with Gasteiger partial charge in [0.1, 0.15) is 0 Å². The minimum Gasteiger partial charge on any atom is -0.276 e. The van der Waals surface area contributed by atoms with E-state index in [1.165, 1.54) is 0 Å². The van der Waals surface area contributed by atoms with Crippen molar-refractivity contribution in [3.63, 3.8) is 0 Å². The quantitative estimate of drug-likeness (QED) is 0.662. The van der Waals surface area contributed by atoms with Crippen molar-refractivity contribution in [2.75, 3.05) is 0 Å². The molecule has 0 saturated carbocycles. The van der Waals surface area contributed by atoms with Crippen molar-refractivity contribution < 1.29 is 0 Å². The van der Waals surface area contributed by atoms with Crippen molar-refractivity contribution in [3.8, 4) is 0 Å². The summed E-state index contributed by atoms with van der Waals surface area (Å²) in [7, 11) is 0. The summed E-state index contributed by atoms with van der Waals surface area (Å²) in [6.07, 6.45) is 5.23. The lowest BCUT2D eigenvalue weighted by Crippen LogP contribution is -1.78. The molecule has 2 aromatic heterocycles. The van der Waals surface area contributed by atoms with Crippen molar-refractivity contribution in [1.29, 1.82) is 0 Å². The molecule has 2 aromatic rings. The standard InChI is InChI=1S/C8H7N3/c1-2-7-3-6-4-10-11-8(6)5-9-7/h2-5H,1H2,(H,10,11). The Labute approximate surface area is 63.8 Å². The van der Waals surface area contributed by atoms with Crippen LogP contribution in [0.15, 0.2) is 25.0 Å². The fourth-order valence-electron chi connectivity index (χ4n) is 0.971. The Morgan fingerprint density at radius 3 is 3.18 bits per heavy atom. The summed E-state index contributed by atoms with van der Waals surface area (Å²) in [6.45, 7) is 3.63. The van der Waals surface area contributed by atoms with Crippen LogP contribution in [0.25, 0.3) is 17.0 Å². The fraction of sp³-hybridized carbons (Fsp3) is 0. The van der Waals surface area contributed by atoms with Crippen molar-refractivity contribution in [2.45, 2.75) is 0 Å². The molecule has 2 rings (SSSR count). The average Bonchev–Trinajstić information content (AvgIpc) is 2.50. The fourth-order valence-corrected chi connectivity index (χ4v) is 0.971. The van der Waals surface area contributed by atoms with E-state index in [4.69, 9.17) is 0 Å². The second-order valence-electron chi connectivity index (χ2n) is 2.27. The van der Waals surface area contributed by atoms with Crippen LogP contribution in [0.4, 0.5) is 0 Å². The van der Waals surface area contributed by atoms with Gasteiger partial charge in [-0.25, -0.2) is 0 Å². The Kier molecular flexibility index (Phi) is 1.22. The highest BCUT2D eigenvalue weighted by Gasteiger charge is 1.94. The Bertz CT molecular complexity index is 389. The zero-order valence-corrected chi connectivity index (χ0v) is 5.91. The first-order valence-electron chi connectivity index (χ1n) is 3.32. The van der Waals surface area contributed by atoms with Crippen LogP contribution < -0.4 is 0 Å². The molecule has 0 spiro atoms. The van der Waals surface area contributed by atoms with Crippen LogP contribution in [0.2, 0.25) is 0 Å². The monoisotopic (exact) mass is 145 g/mol. The summed E-state index contributed by atoms with van der Waals surface area (Å²) in [5.41, 5.74) is 1.83. The van der Waals surface area contributed by atoms with Crippen LogP contribution in [-0.2, 0) is 0 Å². The van der Waals surface area contributed by atoms with E-state index in [0.717, 1.165) is 16.6 Å². The van der Waals surface area contributed by atoms with Crippen LogP contribution in [0, 0.1) is 0 Å². The van der Waals surface area contributed by atoms with E-state index in [2.05, 4.69) is 21.8 Å². The van der Waals surface area contributed by atoms with Gasteiger partial charge in [-0.15, -0.1) is 0 Å². The van der Waals surface area contributed by atoms with Crippen molar-refractivity contribution in [3.05, 3.63) is 30.7 Å². The maximum Gasteiger partial charge on any atom is 0.0833 e. The van der Waals surface area contributed by atoms with E-state index in [9.17, 15) is 0 Å². The third-order valence-electron chi connectivity index (χ3n) is 1.55. The second kappa shape index (κ2) is 2.20. The molecule has 0 aliphatic heterocycles. The van der Waals surface area contributed by atoms with E-state index in [1.807, 2.05) is 6.07 Å². The molecule has 11 heavy (non-hydrogen) atoms. The summed E-state index contributed by atoms with van der Waals surface area (Å²) in [5, 5.41) is 7.77. The number of fused-ring (bicyclic) bond motifs is 1. The maximum atomic E-state index is 4.11. The minimum absolute atomic E-state index is 0.874. The van der Waals surface area contributed by atoms with Gasteiger partial charge in [0.05, 0.1) is 23.6 Å². The molecule has 0 aliphatic carbocycles. The summed E-state index contributed by atoms with van der Waals surface area (Å²) >= 11 is 0. The summed E-state index contributed by atoms with van der Waals surface area (Å²) < 4.78 is 0. The smallest absolute Gasteiger partial charge is 0.0833 e. The third-order valence-corrected chi connectivity index (χ3v) is 1.55. The lowest BCUT2D eigenvalue weighted by molar-refractivity contribution is 1.11. The highest BCUT2D eigenvalue weighted by molar-refractivity contribution is 5.78. The number of aromatic nitrogens is 3. The molecule has 0 saturated heterocycles. The number of H-pyrrole nitrogens is 1. The van der Waals surface area contributed by atoms with Gasteiger partial charge < -0.3 is 0 Å². The van der Waals surface area contributed by atoms with Gasteiger partial charge >= 0.3 is 0 Å². The molecular weight excluding hydrogens is 138 g/mol. The number of nitrogens with zero attached hydrogens (tertiary/aromatic N) is 2.